The van der Waals surface area contributed by atoms with Crippen LogP contribution in [-0.4, -0.2) is 30.9 Å². The van der Waals surface area contributed by atoms with E-state index in [2.05, 4.69) is 10.6 Å². The Bertz CT molecular complexity index is 1220. The summed E-state index contributed by atoms with van der Waals surface area (Å²) in [5.41, 5.74) is 6.36. The number of hydrogen-bond donors (Lipinski definition) is 3. The van der Waals surface area contributed by atoms with Crippen LogP contribution in [0.3, 0.4) is 0 Å². The van der Waals surface area contributed by atoms with Crippen molar-refractivity contribution in [3.8, 4) is 5.75 Å². The molecule has 3 amide bonds. The first-order valence-corrected chi connectivity index (χ1v) is 9.35. The minimum absolute atomic E-state index is 0.0130. The van der Waals surface area contributed by atoms with Crippen LogP contribution in [0.25, 0.3) is 11.0 Å². The molecular formula is C22H21N3O6. The van der Waals surface area contributed by atoms with Gasteiger partial charge in [0.15, 0.2) is 0 Å². The molecule has 2 aromatic carbocycles. The number of carbonyl (C=O) groups excluding carboxylic acids is 3. The second kappa shape index (κ2) is 9.12. The summed E-state index contributed by atoms with van der Waals surface area (Å²) in [7, 11) is 1.49. The van der Waals surface area contributed by atoms with Gasteiger partial charge in [-0.2, -0.15) is 0 Å². The fraction of sp³-hybridized carbons (Fsp3) is 0.182. The van der Waals surface area contributed by atoms with Crippen molar-refractivity contribution < 1.29 is 23.5 Å². The lowest BCUT2D eigenvalue weighted by Gasteiger charge is -2.17. The van der Waals surface area contributed by atoms with Gasteiger partial charge in [-0.1, -0.05) is 6.07 Å². The van der Waals surface area contributed by atoms with Crippen LogP contribution in [0.15, 0.2) is 57.7 Å². The molecule has 9 heteroatoms. The summed E-state index contributed by atoms with van der Waals surface area (Å²) in [4.78, 5) is 47.9. The minimum atomic E-state index is -1.08. The largest absolute Gasteiger partial charge is 0.497 e. The molecule has 9 nitrogen and oxygen atoms in total. The highest BCUT2D eigenvalue weighted by atomic mass is 16.5. The standard InChI is InChI=1S/C22H21N3O6/c1-12(26)24-15-5-3-4-13(8-15)22(29)25-18(21(23)28)9-14-10-20(27)31-19-11-16(30-2)6-7-17(14)19/h3-8,10-11,18H,9H2,1-2H3,(H2,23,28)(H,24,26)(H,25,29)/t18-/m1/s1. The maximum absolute atomic E-state index is 12.7. The smallest absolute Gasteiger partial charge is 0.336 e. The van der Waals surface area contributed by atoms with Gasteiger partial charge >= 0.3 is 5.63 Å². The number of rotatable bonds is 7. The molecule has 0 unspecified atom stereocenters. The molecular weight excluding hydrogens is 402 g/mol. The number of amides is 3. The van der Waals surface area contributed by atoms with Gasteiger partial charge < -0.3 is 25.5 Å². The molecule has 1 aromatic heterocycles. The molecule has 31 heavy (non-hydrogen) atoms. The van der Waals surface area contributed by atoms with Crippen molar-refractivity contribution in [3.05, 3.63) is 70.1 Å². The van der Waals surface area contributed by atoms with E-state index >= 15 is 0 Å². The summed E-state index contributed by atoms with van der Waals surface area (Å²) in [5.74, 6) is -1.09. The van der Waals surface area contributed by atoms with E-state index in [1.807, 2.05) is 0 Å². The number of ether oxygens (including phenoxy) is 1. The van der Waals surface area contributed by atoms with E-state index in [4.69, 9.17) is 14.9 Å². The average Bonchev–Trinajstić information content (AvgIpc) is 2.72. The van der Waals surface area contributed by atoms with Crippen molar-refractivity contribution in [1.29, 1.82) is 0 Å². The minimum Gasteiger partial charge on any atom is -0.497 e. The van der Waals surface area contributed by atoms with E-state index in [0.717, 1.165) is 0 Å². The highest BCUT2D eigenvalue weighted by molar-refractivity contribution is 5.99. The quantitative estimate of drug-likeness (QED) is 0.493. The fourth-order valence-corrected chi connectivity index (χ4v) is 3.13. The zero-order valence-corrected chi connectivity index (χ0v) is 16.9. The van der Waals surface area contributed by atoms with Gasteiger partial charge in [-0.05, 0) is 35.9 Å². The van der Waals surface area contributed by atoms with Crippen LogP contribution in [0.2, 0.25) is 0 Å². The number of nitrogens with two attached hydrogens (primary N) is 1. The Hall–Kier alpha value is -4.14. The summed E-state index contributed by atoms with van der Waals surface area (Å²) in [6, 6.07) is 11.4. The Morgan fingerprint density at radius 2 is 1.90 bits per heavy atom. The normalized spacial score (nSPS) is 11.5. The molecule has 0 saturated heterocycles. The van der Waals surface area contributed by atoms with Gasteiger partial charge in [0.25, 0.3) is 5.91 Å². The number of methoxy groups -OCH3 is 1. The summed E-state index contributed by atoms with van der Waals surface area (Å²) in [5, 5.41) is 5.76. The number of hydrogen-bond acceptors (Lipinski definition) is 6. The summed E-state index contributed by atoms with van der Waals surface area (Å²) < 4.78 is 10.3. The first-order chi connectivity index (χ1) is 14.8. The van der Waals surface area contributed by atoms with Crippen molar-refractivity contribution in [3.63, 3.8) is 0 Å². The number of primary amides is 1. The van der Waals surface area contributed by atoms with Crippen LogP contribution >= 0.6 is 0 Å². The van der Waals surface area contributed by atoms with E-state index in [1.54, 1.807) is 30.3 Å². The summed E-state index contributed by atoms with van der Waals surface area (Å²) in [6.07, 6.45) is -0.0130. The van der Waals surface area contributed by atoms with Gasteiger partial charge in [0.1, 0.15) is 17.4 Å². The molecule has 0 saturated carbocycles. The molecule has 0 aliphatic heterocycles. The van der Waals surface area contributed by atoms with Crippen LogP contribution in [-0.2, 0) is 16.0 Å². The van der Waals surface area contributed by atoms with Crippen molar-refractivity contribution in [2.75, 3.05) is 12.4 Å². The van der Waals surface area contributed by atoms with E-state index in [1.165, 1.54) is 32.2 Å². The van der Waals surface area contributed by atoms with Crippen LogP contribution in [0.5, 0.6) is 5.75 Å². The third-order valence-corrected chi connectivity index (χ3v) is 4.56. The predicted octanol–water partition coefficient (Wildman–Crippen LogP) is 1.59. The highest BCUT2D eigenvalue weighted by Gasteiger charge is 2.21. The Morgan fingerprint density at radius 1 is 1.13 bits per heavy atom. The number of fused-ring (bicyclic) bond motifs is 1. The van der Waals surface area contributed by atoms with E-state index in [9.17, 15) is 19.2 Å². The highest BCUT2D eigenvalue weighted by Crippen LogP contribution is 2.23. The van der Waals surface area contributed by atoms with Gasteiger partial charge in [-0.3, -0.25) is 14.4 Å². The first-order valence-electron chi connectivity index (χ1n) is 9.35. The monoisotopic (exact) mass is 423 g/mol. The van der Waals surface area contributed by atoms with Gasteiger partial charge in [0.05, 0.1) is 7.11 Å². The van der Waals surface area contributed by atoms with Crippen LogP contribution < -0.4 is 26.7 Å². The summed E-state index contributed by atoms with van der Waals surface area (Å²) in [6.45, 7) is 1.35. The van der Waals surface area contributed by atoms with Crippen molar-refractivity contribution >= 4 is 34.4 Å². The summed E-state index contributed by atoms with van der Waals surface area (Å²) >= 11 is 0. The second-order valence-electron chi connectivity index (χ2n) is 6.85. The molecule has 3 aromatic rings. The zero-order chi connectivity index (χ0) is 22.5. The number of benzene rings is 2. The lowest BCUT2D eigenvalue weighted by Crippen LogP contribution is -2.46. The van der Waals surface area contributed by atoms with Crippen LogP contribution in [0.1, 0.15) is 22.8 Å². The van der Waals surface area contributed by atoms with Crippen molar-refractivity contribution in [2.24, 2.45) is 5.73 Å². The Balaban J connectivity index is 1.87. The third-order valence-electron chi connectivity index (χ3n) is 4.56. The van der Waals surface area contributed by atoms with Gasteiger partial charge in [0.2, 0.25) is 11.8 Å². The fourth-order valence-electron chi connectivity index (χ4n) is 3.13. The second-order valence-corrected chi connectivity index (χ2v) is 6.85. The molecule has 1 atom stereocenters. The molecule has 0 fully saturated rings. The Labute approximate surface area is 177 Å². The number of anilines is 1. The molecule has 0 aliphatic carbocycles. The first kappa shape index (κ1) is 21.6. The zero-order valence-electron chi connectivity index (χ0n) is 16.9. The predicted molar refractivity (Wildman–Crippen MR) is 114 cm³/mol. The number of nitrogens with one attached hydrogen (secondary N) is 2. The van der Waals surface area contributed by atoms with E-state index in [0.29, 0.717) is 28.0 Å². The SMILES string of the molecule is COc1ccc2c(C[C@@H](NC(=O)c3cccc(NC(C)=O)c3)C(N)=O)cc(=O)oc2c1. The van der Waals surface area contributed by atoms with Gasteiger partial charge in [-0.25, -0.2) is 4.79 Å². The lowest BCUT2D eigenvalue weighted by atomic mass is 10.0. The molecule has 3 rings (SSSR count). The molecule has 0 aliphatic rings. The van der Waals surface area contributed by atoms with Gasteiger partial charge in [0, 0.05) is 42.1 Å². The van der Waals surface area contributed by atoms with Crippen LogP contribution in [0.4, 0.5) is 5.69 Å². The molecule has 0 radical (unpaired) electrons. The maximum Gasteiger partial charge on any atom is 0.336 e. The van der Waals surface area contributed by atoms with Crippen molar-refractivity contribution in [1.82, 2.24) is 5.32 Å². The topological polar surface area (TPSA) is 141 Å². The molecule has 0 bridgehead atoms. The molecule has 1 heterocycles. The maximum atomic E-state index is 12.7. The lowest BCUT2D eigenvalue weighted by molar-refractivity contribution is -0.119. The Kier molecular flexibility index (Phi) is 6.35. The van der Waals surface area contributed by atoms with E-state index in [-0.39, 0.29) is 17.9 Å². The molecule has 4 N–H and O–H groups in total. The molecule has 160 valence electrons. The Morgan fingerprint density at radius 3 is 2.58 bits per heavy atom. The van der Waals surface area contributed by atoms with E-state index < -0.39 is 23.5 Å². The van der Waals surface area contributed by atoms with Gasteiger partial charge in [-0.15, -0.1) is 0 Å². The van der Waals surface area contributed by atoms with Crippen LogP contribution in [0, 0.1) is 0 Å². The number of carbonyl (C=O) groups is 3. The average molecular weight is 423 g/mol. The van der Waals surface area contributed by atoms with Crippen molar-refractivity contribution in [2.45, 2.75) is 19.4 Å². The third kappa shape index (κ3) is 5.27. The molecule has 0 spiro atoms.